The lowest BCUT2D eigenvalue weighted by molar-refractivity contribution is 0.0627. The number of rotatable bonds is 1. The summed E-state index contributed by atoms with van der Waals surface area (Å²) in [5.41, 5.74) is 4.79. The van der Waals surface area contributed by atoms with Gasteiger partial charge in [0.25, 0.3) is 5.91 Å². The number of nitrogens with zero attached hydrogens (tertiary/aromatic N) is 1. The Bertz CT molecular complexity index is 952. The minimum atomic E-state index is -0.0277. The van der Waals surface area contributed by atoms with Gasteiger partial charge < -0.3 is 15.2 Å². The van der Waals surface area contributed by atoms with Gasteiger partial charge in [0.2, 0.25) is 0 Å². The molecule has 0 atom stereocenters. The van der Waals surface area contributed by atoms with Crippen LogP contribution in [0.4, 0.5) is 0 Å². The van der Waals surface area contributed by atoms with Gasteiger partial charge in [-0.25, -0.2) is 0 Å². The fourth-order valence-corrected chi connectivity index (χ4v) is 4.66. The first kappa shape index (κ1) is 15.6. The Morgan fingerprint density at radius 1 is 0.962 bits per heavy atom. The summed E-state index contributed by atoms with van der Waals surface area (Å²) < 4.78 is 0. The molecule has 1 fully saturated rings. The van der Waals surface area contributed by atoms with Crippen LogP contribution < -0.4 is 5.32 Å². The highest BCUT2D eigenvalue weighted by molar-refractivity contribution is 5.94. The summed E-state index contributed by atoms with van der Waals surface area (Å²) in [5, 5.41) is 5.13. The van der Waals surface area contributed by atoms with E-state index in [0.29, 0.717) is 0 Å². The first-order valence-electron chi connectivity index (χ1n) is 9.46. The number of para-hydroxylation sites is 1. The number of aromatic nitrogens is 1. The van der Waals surface area contributed by atoms with Gasteiger partial charge in [-0.05, 0) is 43.0 Å². The monoisotopic (exact) mass is 345 g/mol. The third-order valence-electron chi connectivity index (χ3n) is 6.06. The highest BCUT2D eigenvalue weighted by Gasteiger charge is 2.42. The Balaban J connectivity index is 1.43. The SMILES string of the molecule is O=C(c1ccccc1)N1CCC2(CC1)NCCc1c2[nH]c2ccccc12. The second-order valence-electron chi connectivity index (χ2n) is 7.44. The van der Waals surface area contributed by atoms with Crippen molar-refractivity contribution in [2.45, 2.75) is 24.8 Å². The number of likely N-dealkylation sites (tertiary alicyclic amines) is 1. The molecule has 1 spiro atoms. The topological polar surface area (TPSA) is 48.1 Å². The van der Waals surface area contributed by atoms with E-state index in [2.05, 4.69) is 34.6 Å². The molecule has 0 aliphatic carbocycles. The van der Waals surface area contributed by atoms with E-state index in [0.717, 1.165) is 44.5 Å². The van der Waals surface area contributed by atoms with Gasteiger partial charge in [0.05, 0.1) is 5.54 Å². The van der Waals surface area contributed by atoms with Crippen LogP contribution in [0.1, 0.15) is 34.5 Å². The van der Waals surface area contributed by atoms with E-state index in [9.17, 15) is 4.79 Å². The molecule has 2 aliphatic heterocycles. The highest BCUT2D eigenvalue weighted by atomic mass is 16.2. The maximum Gasteiger partial charge on any atom is 0.253 e. The number of nitrogens with one attached hydrogen (secondary N) is 2. The zero-order chi connectivity index (χ0) is 17.6. The molecule has 2 aliphatic rings. The molecule has 3 aromatic rings. The molecule has 132 valence electrons. The molecule has 0 saturated carbocycles. The molecule has 4 nitrogen and oxygen atoms in total. The van der Waals surface area contributed by atoms with Gasteiger partial charge in [-0.1, -0.05) is 36.4 Å². The van der Waals surface area contributed by atoms with E-state index in [4.69, 9.17) is 0 Å². The van der Waals surface area contributed by atoms with Crippen molar-refractivity contribution in [2.24, 2.45) is 0 Å². The molecule has 2 aromatic carbocycles. The van der Waals surface area contributed by atoms with Gasteiger partial charge in [-0.3, -0.25) is 4.79 Å². The minimum absolute atomic E-state index is 0.0277. The van der Waals surface area contributed by atoms with E-state index in [1.165, 1.54) is 22.2 Å². The second kappa shape index (κ2) is 5.99. The predicted octanol–water partition coefficient (Wildman–Crippen LogP) is 3.45. The van der Waals surface area contributed by atoms with Crippen molar-refractivity contribution >= 4 is 16.8 Å². The van der Waals surface area contributed by atoms with Gasteiger partial charge in [0.1, 0.15) is 0 Å². The van der Waals surface area contributed by atoms with Crippen LogP contribution in [0.25, 0.3) is 10.9 Å². The maximum absolute atomic E-state index is 12.8. The van der Waals surface area contributed by atoms with Crippen molar-refractivity contribution in [1.82, 2.24) is 15.2 Å². The van der Waals surface area contributed by atoms with Crippen LogP contribution in [0.5, 0.6) is 0 Å². The lowest BCUT2D eigenvalue weighted by Gasteiger charge is -2.44. The lowest BCUT2D eigenvalue weighted by Crippen LogP contribution is -2.55. The number of fused-ring (bicyclic) bond motifs is 4. The second-order valence-corrected chi connectivity index (χ2v) is 7.44. The summed E-state index contributed by atoms with van der Waals surface area (Å²) in [6.45, 7) is 2.58. The molecule has 0 radical (unpaired) electrons. The molecular weight excluding hydrogens is 322 g/mol. The van der Waals surface area contributed by atoms with Crippen molar-refractivity contribution in [2.75, 3.05) is 19.6 Å². The minimum Gasteiger partial charge on any atom is -0.357 e. The van der Waals surface area contributed by atoms with Crippen LogP contribution in [-0.4, -0.2) is 35.4 Å². The molecule has 1 saturated heterocycles. The molecule has 1 amide bonds. The lowest BCUT2D eigenvalue weighted by atomic mass is 9.79. The first-order valence-corrected chi connectivity index (χ1v) is 9.46. The summed E-state index contributed by atoms with van der Waals surface area (Å²) in [7, 11) is 0. The summed E-state index contributed by atoms with van der Waals surface area (Å²) in [5.74, 6) is 0.146. The predicted molar refractivity (Wildman–Crippen MR) is 103 cm³/mol. The fraction of sp³-hybridized carbons (Fsp3) is 0.318. The molecule has 1 aromatic heterocycles. The Hall–Kier alpha value is -2.59. The standard InChI is InChI=1S/C22H23N3O/c26-21(16-6-2-1-3-7-16)25-14-11-22(12-15-25)20-18(10-13-23-22)17-8-4-5-9-19(17)24-20/h1-9,23-24H,10-15H2. The number of hydrogen-bond acceptors (Lipinski definition) is 2. The zero-order valence-corrected chi connectivity index (χ0v) is 14.8. The van der Waals surface area contributed by atoms with Crippen LogP contribution in [0.2, 0.25) is 0 Å². The molecule has 0 unspecified atom stereocenters. The quantitative estimate of drug-likeness (QED) is 0.710. The summed E-state index contributed by atoms with van der Waals surface area (Å²) in [4.78, 5) is 18.4. The first-order chi connectivity index (χ1) is 12.8. The Morgan fingerprint density at radius 2 is 1.69 bits per heavy atom. The van der Waals surface area contributed by atoms with E-state index < -0.39 is 0 Å². The normalized spacial score (nSPS) is 18.8. The smallest absolute Gasteiger partial charge is 0.253 e. The number of carbonyl (C=O) groups is 1. The largest absolute Gasteiger partial charge is 0.357 e. The van der Waals surface area contributed by atoms with Crippen LogP contribution in [-0.2, 0) is 12.0 Å². The third-order valence-corrected chi connectivity index (χ3v) is 6.06. The van der Waals surface area contributed by atoms with Crippen molar-refractivity contribution < 1.29 is 4.79 Å². The Labute approximate surface area is 153 Å². The van der Waals surface area contributed by atoms with Crippen LogP contribution in [0, 0.1) is 0 Å². The number of H-pyrrole nitrogens is 1. The van der Waals surface area contributed by atoms with Gasteiger partial charge in [-0.15, -0.1) is 0 Å². The number of carbonyl (C=O) groups excluding carboxylic acids is 1. The van der Waals surface area contributed by atoms with Crippen molar-refractivity contribution in [3.8, 4) is 0 Å². The number of piperidine rings is 1. The summed E-state index contributed by atoms with van der Waals surface area (Å²) >= 11 is 0. The van der Waals surface area contributed by atoms with E-state index in [1.54, 1.807) is 0 Å². The molecule has 2 N–H and O–H groups in total. The van der Waals surface area contributed by atoms with Gasteiger partial charge in [0.15, 0.2) is 0 Å². The third kappa shape index (κ3) is 2.36. The molecular formula is C22H23N3O. The zero-order valence-electron chi connectivity index (χ0n) is 14.8. The molecule has 0 bridgehead atoms. The molecule has 4 heteroatoms. The number of benzene rings is 2. The Kier molecular flexibility index (Phi) is 3.61. The number of hydrogen-bond donors (Lipinski definition) is 2. The summed E-state index contributed by atoms with van der Waals surface area (Å²) in [6.07, 6.45) is 2.96. The van der Waals surface area contributed by atoms with E-state index >= 15 is 0 Å². The molecule has 5 rings (SSSR count). The van der Waals surface area contributed by atoms with Gasteiger partial charge >= 0.3 is 0 Å². The van der Waals surface area contributed by atoms with E-state index in [1.807, 2.05) is 35.2 Å². The average molecular weight is 345 g/mol. The molecule has 3 heterocycles. The van der Waals surface area contributed by atoms with E-state index in [-0.39, 0.29) is 11.4 Å². The highest BCUT2D eigenvalue weighted by Crippen LogP contribution is 2.40. The summed E-state index contributed by atoms with van der Waals surface area (Å²) in [6, 6.07) is 18.2. The van der Waals surface area contributed by atoms with Gasteiger partial charge in [0, 0.05) is 41.8 Å². The van der Waals surface area contributed by atoms with Crippen LogP contribution in [0.3, 0.4) is 0 Å². The number of aromatic amines is 1. The Morgan fingerprint density at radius 3 is 2.50 bits per heavy atom. The van der Waals surface area contributed by atoms with Crippen LogP contribution in [0.15, 0.2) is 54.6 Å². The fourth-order valence-electron chi connectivity index (χ4n) is 4.66. The number of amides is 1. The average Bonchev–Trinajstić information content (AvgIpc) is 3.09. The van der Waals surface area contributed by atoms with Crippen molar-refractivity contribution in [1.29, 1.82) is 0 Å². The van der Waals surface area contributed by atoms with Crippen LogP contribution >= 0.6 is 0 Å². The van der Waals surface area contributed by atoms with Crippen molar-refractivity contribution in [3.63, 3.8) is 0 Å². The maximum atomic E-state index is 12.8. The molecule has 26 heavy (non-hydrogen) atoms. The van der Waals surface area contributed by atoms with Crippen molar-refractivity contribution in [3.05, 3.63) is 71.4 Å². The van der Waals surface area contributed by atoms with Gasteiger partial charge in [-0.2, -0.15) is 0 Å².